The average Bonchev–Trinajstić information content (AvgIpc) is 1.60. The van der Waals surface area contributed by atoms with E-state index in [-0.39, 0.29) is 82.4 Å². The second kappa shape index (κ2) is 34.1. The maximum Gasteiger partial charge on any atom is 0.246 e. The van der Waals surface area contributed by atoms with E-state index < -0.39 is 131 Å². The molecule has 0 unspecified atom stereocenters. The largest absolute Gasteiger partial charge is 0.508 e. The molecule has 98 heavy (non-hydrogen) atoms. The molecule has 5 heterocycles. The average molecular weight is 1390 g/mol. The number of primary amides is 1. The van der Waals surface area contributed by atoms with Gasteiger partial charge in [-0.3, -0.25) is 47.9 Å². The zero-order chi connectivity index (χ0) is 70.2. The Bertz CT molecular complexity index is 3890. The highest BCUT2D eigenvalue weighted by Crippen LogP contribution is 2.35. The number of halogens is 2. The Morgan fingerprint density at radius 3 is 1.99 bits per heavy atom. The summed E-state index contributed by atoms with van der Waals surface area (Å²) in [6.45, 7) is 2.91. The van der Waals surface area contributed by atoms with Crippen LogP contribution in [0.3, 0.4) is 0 Å². The number of amides is 9. The van der Waals surface area contributed by atoms with Crippen LogP contribution in [0.2, 0.25) is 0 Å². The fourth-order valence-corrected chi connectivity index (χ4v) is 14.9. The number of ether oxygens (including phenoxy) is 1. The number of methoxy groups -OCH3 is 1. The minimum Gasteiger partial charge on any atom is -0.508 e. The van der Waals surface area contributed by atoms with E-state index in [1.54, 1.807) is 31.5 Å². The molecule has 9 atom stereocenters. The van der Waals surface area contributed by atoms with Crippen molar-refractivity contribution >= 4 is 104 Å². The predicted octanol–water partition coefficient (Wildman–Crippen LogP) is 4.37. The molecule has 9 rings (SSSR count). The van der Waals surface area contributed by atoms with Crippen LogP contribution in [0.15, 0.2) is 97.3 Å². The summed E-state index contributed by atoms with van der Waals surface area (Å²) in [6, 6.07) is 13.5. The van der Waals surface area contributed by atoms with Crippen molar-refractivity contribution in [3.63, 3.8) is 0 Å². The van der Waals surface area contributed by atoms with Gasteiger partial charge in [0.1, 0.15) is 53.6 Å². The van der Waals surface area contributed by atoms with Gasteiger partial charge in [-0.05, 0) is 142 Å². The van der Waals surface area contributed by atoms with E-state index >= 15 is 14.4 Å². The lowest BCUT2D eigenvalue weighted by Gasteiger charge is -2.37. The maximum absolute atomic E-state index is 15.4. The number of nitrogens with two attached hydrogens (primary N) is 2. The highest BCUT2D eigenvalue weighted by atomic mass is 32.2. The summed E-state index contributed by atoms with van der Waals surface area (Å²) in [7, 11) is 1.31. The third-order valence-electron chi connectivity index (χ3n) is 18.5. The van der Waals surface area contributed by atoms with Crippen LogP contribution >= 0.6 is 23.5 Å². The number of ketones is 1. The van der Waals surface area contributed by atoms with Crippen LogP contribution in [0.5, 0.6) is 5.75 Å². The van der Waals surface area contributed by atoms with Crippen LogP contribution in [-0.4, -0.2) is 177 Å². The molecule has 0 aliphatic carbocycles. The fourth-order valence-electron chi connectivity index (χ4n) is 12.9. The van der Waals surface area contributed by atoms with Crippen LogP contribution in [-0.2, 0) is 83.5 Å². The third kappa shape index (κ3) is 18.9. The van der Waals surface area contributed by atoms with Gasteiger partial charge in [0.2, 0.25) is 53.2 Å². The first kappa shape index (κ1) is 73.4. The number of fused-ring (bicyclic) bond motifs is 6. The molecule has 28 heteroatoms. The SMILES string of the molecule is CO[C@H](C)[C@@H]1NC(=O)[C@@H]2CCCN2C(=O)[C@H](Cc2c[nH]c3ccc(F)cc23)NC(=O)[C@H](Cc2c[nH]c3ccc(F)cc23)NC(=O)CNC(=O)[C@H](CCCCN)NC(=O)CCSCc2cccc(c2)CSC[C@@H](C(N)=O)CC(=O)[C@]2(C)CCCN2C(=O)[C@H](Cc2ccc(O)cc2)NC1=O. The van der Waals surface area contributed by atoms with Gasteiger partial charge in [-0.1, -0.05) is 36.4 Å². The third-order valence-corrected chi connectivity index (χ3v) is 20.7. The number of benzene rings is 4. The van der Waals surface area contributed by atoms with Gasteiger partial charge < -0.3 is 73.0 Å². The predicted molar refractivity (Wildman–Crippen MR) is 368 cm³/mol. The second-order valence-corrected chi connectivity index (χ2v) is 27.6. The number of thioether (sulfide) groups is 2. The molecule has 24 nitrogen and oxygen atoms in total. The highest BCUT2D eigenvalue weighted by molar-refractivity contribution is 7.98. The van der Waals surface area contributed by atoms with Gasteiger partial charge in [0.05, 0.1) is 24.1 Å². The second-order valence-electron chi connectivity index (χ2n) is 25.5. The number of nitrogens with zero attached hydrogens (tertiary/aromatic N) is 2. The summed E-state index contributed by atoms with van der Waals surface area (Å²) >= 11 is 2.91. The number of carbonyl (C=O) groups excluding carboxylic acids is 10. The summed E-state index contributed by atoms with van der Waals surface area (Å²) < 4.78 is 35.5. The van der Waals surface area contributed by atoms with E-state index in [1.807, 2.05) is 24.3 Å². The van der Waals surface area contributed by atoms with Crippen molar-refractivity contribution in [1.29, 1.82) is 0 Å². The fraction of sp³-hybridized carbons (Fsp3) is 0.457. The minimum absolute atomic E-state index is 0.0141. The molecule has 524 valence electrons. The number of unbranched alkanes of at least 4 members (excludes halogenated alkanes) is 1. The molecule has 0 radical (unpaired) electrons. The Kier molecular flexibility index (Phi) is 25.5. The molecule has 2 fully saturated rings. The van der Waals surface area contributed by atoms with E-state index in [1.165, 1.54) is 95.9 Å². The van der Waals surface area contributed by atoms with E-state index in [9.17, 15) is 47.4 Å². The van der Waals surface area contributed by atoms with Crippen LogP contribution in [0.4, 0.5) is 8.78 Å². The first-order valence-corrected chi connectivity index (χ1v) is 35.3. The lowest BCUT2D eigenvalue weighted by Crippen LogP contribution is -2.62. The van der Waals surface area contributed by atoms with Crippen LogP contribution < -0.4 is 43.4 Å². The van der Waals surface area contributed by atoms with E-state index in [2.05, 4.69) is 41.9 Å². The van der Waals surface area contributed by atoms with Crippen molar-refractivity contribution < 1.29 is 66.6 Å². The number of phenols is 1. The van der Waals surface area contributed by atoms with E-state index in [0.717, 1.165) is 11.1 Å². The number of aromatic nitrogens is 2. The Balaban J connectivity index is 1.04. The van der Waals surface area contributed by atoms with Crippen LogP contribution in [0.25, 0.3) is 21.8 Å². The summed E-state index contributed by atoms with van der Waals surface area (Å²) in [5.74, 6) is -7.57. The van der Waals surface area contributed by atoms with Crippen molar-refractivity contribution in [2.45, 2.75) is 150 Å². The van der Waals surface area contributed by atoms with Gasteiger partial charge in [-0.25, -0.2) is 8.78 Å². The summed E-state index contributed by atoms with van der Waals surface area (Å²) in [5.41, 5.74) is 14.5. The summed E-state index contributed by atoms with van der Waals surface area (Å²) in [5, 5.41) is 27.5. The quantitative estimate of drug-likeness (QED) is 0.0716. The summed E-state index contributed by atoms with van der Waals surface area (Å²) in [6.07, 6.45) is 3.30. The van der Waals surface area contributed by atoms with Gasteiger partial charge in [0.25, 0.3) is 0 Å². The molecular weight excluding hydrogens is 1300 g/mol. The van der Waals surface area contributed by atoms with Crippen molar-refractivity contribution in [3.05, 3.63) is 137 Å². The monoisotopic (exact) mass is 1390 g/mol. The number of H-pyrrole nitrogens is 2. The Hall–Kier alpha value is -8.86. The lowest BCUT2D eigenvalue weighted by molar-refractivity contribution is -0.147. The van der Waals surface area contributed by atoms with Crippen LogP contribution in [0.1, 0.15) is 99.5 Å². The zero-order valence-electron chi connectivity index (χ0n) is 55.1. The highest BCUT2D eigenvalue weighted by Gasteiger charge is 2.49. The molecule has 2 aromatic heterocycles. The zero-order valence-corrected chi connectivity index (χ0v) is 56.7. The van der Waals surface area contributed by atoms with E-state index in [4.69, 9.17) is 16.2 Å². The number of hydrogen-bond acceptors (Lipinski definition) is 15. The number of aromatic amines is 2. The molecule has 4 aromatic carbocycles. The van der Waals surface area contributed by atoms with Gasteiger partial charge >= 0.3 is 0 Å². The molecule has 2 bridgehead atoms. The maximum atomic E-state index is 15.4. The van der Waals surface area contributed by atoms with E-state index in [0.29, 0.717) is 81.6 Å². The molecule has 9 amide bonds. The van der Waals surface area contributed by atoms with Crippen molar-refractivity contribution in [1.82, 2.24) is 51.7 Å². The Morgan fingerprint density at radius 1 is 0.704 bits per heavy atom. The topological polar surface area (TPSA) is 362 Å². The standard InChI is InChI=1S/C70H86F2N12O12S2/c1-40(96-3)62-67(93)81-56(28-41-13-17-49(85)18-14-41)69(95)84-25-8-22-70(84,2)59(86)31-46(63(74)89)39-98-38-43-10-6-9-42(27-43)37-97-26-21-60(87)78-54(11-4-5-23-73)64(90)77-36-61(88)79-55(29-44-34-75-52-19-15-47(71)32-50(44)52)65(91)80-57(68(94)83-24-7-12-58(83)66(92)82-62)30-45-35-76-53-20-16-48(72)33-51(45)53/h6,9-10,13-20,27,32-35,40,46,54-58,62,75-76,85H,4-5,7-8,11-12,21-26,28-31,36-39,73H2,1-3H3,(H2,74,89)(H,77,90)(H,78,87)(H,79,88)(H,80,91)(H,81,93)(H,82,92)/t40-,46+,54+,55+,56+,57+,58+,62+,70+/m1/s1. The lowest BCUT2D eigenvalue weighted by atomic mass is 9.86. The Morgan fingerprint density at radius 2 is 1.34 bits per heavy atom. The van der Waals surface area contributed by atoms with Gasteiger partial charge in [-0.15, -0.1) is 0 Å². The number of Topliss-reactive ketones (excluding diaryl/α,β-unsaturated/α-hetero) is 1. The summed E-state index contributed by atoms with van der Waals surface area (Å²) in [4.78, 5) is 154. The van der Waals surface area contributed by atoms with Crippen molar-refractivity contribution in [2.24, 2.45) is 17.4 Å². The number of rotatable bonds is 13. The molecule has 3 aliphatic heterocycles. The molecule has 2 saturated heterocycles. The number of carbonyl (C=O) groups is 10. The van der Waals surface area contributed by atoms with Gasteiger partial charge in [0, 0.05) is 110 Å². The molecule has 6 aromatic rings. The molecule has 3 aliphatic rings. The normalized spacial score (nSPS) is 24.2. The molecule has 0 saturated carbocycles. The smallest absolute Gasteiger partial charge is 0.246 e. The molecule has 0 spiro atoms. The number of nitrogens with one attached hydrogen (secondary N) is 8. The molecular formula is C70H86F2N12O12S2. The van der Waals surface area contributed by atoms with Crippen molar-refractivity contribution in [3.8, 4) is 5.75 Å². The molecule has 13 N–H and O–H groups in total. The van der Waals surface area contributed by atoms with Crippen molar-refractivity contribution in [2.75, 3.05) is 44.8 Å². The first-order valence-electron chi connectivity index (χ1n) is 33.0. The minimum atomic E-state index is -1.53. The Labute approximate surface area is 574 Å². The number of phenolic OH excluding ortho intramolecular Hbond substituents is 1. The van der Waals surface area contributed by atoms with Gasteiger partial charge in [-0.2, -0.15) is 23.5 Å². The number of hydrogen-bond donors (Lipinski definition) is 11. The van der Waals surface area contributed by atoms with Gasteiger partial charge in [0.15, 0.2) is 5.78 Å². The van der Waals surface area contributed by atoms with Crippen LogP contribution in [0, 0.1) is 17.6 Å². The number of aromatic hydroxyl groups is 1. The first-order chi connectivity index (χ1) is 47.0.